The van der Waals surface area contributed by atoms with Crippen molar-refractivity contribution in [2.45, 2.75) is 39.7 Å². The third kappa shape index (κ3) is 4.29. The van der Waals surface area contributed by atoms with Gasteiger partial charge in [-0.05, 0) is 63.3 Å². The molecule has 1 aromatic carbocycles. The van der Waals surface area contributed by atoms with Crippen LogP contribution in [0.25, 0.3) is 0 Å². The van der Waals surface area contributed by atoms with Gasteiger partial charge < -0.3 is 10.4 Å². The van der Waals surface area contributed by atoms with Crippen LogP contribution in [0.4, 0.5) is 5.69 Å². The number of hydrogen-bond acceptors (Lipinski definition) is 3. The Kier molecular flexibility index (Phi) is 5.37. The van der Waals surface area contributed by atoms with Crippen LogP contribution >= 0.6 is 0 Å². The smallest absolute Gasteiger partial charge is 0.238 e. The normalized spacial score (nSPS) is 21.0. The van der Waals surface area contributed by atoms with E-state index in [2.05, 4.69) is 10.2 Å². The first-order chi connectivity index (χ1) is 9.97. The van der Waals surface area contributed by atoms with Crippen LogP contribution in [0.15, 0.2) is 18.2 Å². The molecule has 1 aliphatic rings. The summed E-state index contributed by atoms with van der Waals surface area (Å²) in [4.78, 5) is 14.3. The highest BCUT2D eigenvalue weighted by Crippen LogP contribution is 2.20. The third-order valence-corrected chi connectivity index (χ3v) is 4.47. The molecule has 1 heterocycles. The number of aliphatic hydroxyl groups excluding tert-OH is 1. The molecule has 2 rings (SSSR count). The Morgan fingerprint density at radius 2 is 2.24 bits per heavy atom. The zero-order valence-electron chi connectivity index (χ0n) is 13.2. The molecule has 2 unspecified atom stereocenters. The summed E-state index contributed by atoms with van der Waals surface area (Å²) in [5.74, 6) is 0.308. The van der Waals surface area contributed by atoms with Crippen LogP contribution in [0.3, 0.4) is 0 Å². The van der Waals surface area contributed by atoms with Gasteiger partial charge in [-0.15, -0.1) is 0 Å². The van der Waals surface area contributed by atoms with Gasteiger partial charge in [-0.2, -0.15) is 0 Å². The van der Waals surface area contributed by atoms with Gasteiger partial charge in [0.05, 0.1) is 12.6 Å². The molecule has 0 saturated carbocycles. The molecule has 1 amide bonds. The highest BCUT2D eigenvalue weighted by Gasteiger charge is 2.24. The first kappa shape index (κ1) is 16.0. The van der Waals surface area contributed by atoms with Gasteiger partial charge in [-0.25, -0.2) is 0 Å². The molecule has 1 aromatic rings. The number of carbonyl (C=O) groups is 1. The third-order valence-electron chi connectivity index (χ3n) is 4.47. The maximum atomic E-state index is 12.2. The van der Waals surface area contributed by atoms with Crippen molar-refractivity contribution < 1.29 is 9.90 Å². The van der Waals surface area contributed by atoms with E-state index < -0.39 is 0 Å². The van der Waals surface area contributed by atoms with Gasteiger partial charge in [-0.1, -0.05) is 12.1 Å². The number of rotatable bonds is 4. The highest BCUT2D eigenvalue weighted by atomic mass is 16.3. The van der Waals surface area contributed by atoms with E-state index in [-0.39, 0.29) is 17.9 Å². The molecule has 0 aliphatic carbocycles. The first-order valence-corrected chi connectivity index (χ1v) is 7.74. The molecule has 0 spiro atoms. The zero-order valence-corrected chi connectivity index (χ0v) is 13.2. The minimum Gasteiger partial charge on any atom is -0.393 e. The van der Waals surface area contributed by atoms with E-state index in [9.17, 15) is 9.90 Å². The van der Waals surface area contributed by atoms with Crippen molar-refractivity contribution in [3.05, 3.63) is 29.3 Å². The van der Waals surface area contributed by atoms with Crippen LogP contribution in [-0.4, -0.2) is 41.7 Å². The summed E-state index contributed by atoms with van der Waals surface area (Å²) in [5, 5.41) is 12.7. The van der Waals surface area contributed by atoms with E-state index >= 15 is 0 Å². The van der Waals surface area contributed by atoms with Gasteiger partial charge in [0.25, 0.3) is 0 Å². The van der Waals surface area contributed by atoms with Crippen LogP contribution in [0, 0.1) is 19.8 Å². The standard InChI is InChI=1S/C17H26N2O2/c1-12-6-4-8-16(13(12)2)18-17(21)11-19-9-5-7-15(10-19)14(3)20/h4,6,8,14-15,20H,5,7,9-11H2,1-3H3,(H,18,21). The Balaban J connectivity index is 1.91. The van der Waals surface area contributed by atoms with Crippen molar-refractivity contribution in [2.75, 3.05) is 25.0 Å². The molecule has 116 valence electrons. The number of aryl methyl sites for hydroxylation is 1. The molecule has 4 nitrogen and oxygen atoms in total. The Hall–Kier alpha value is -1.39. The van der Waals surface area contributed by atoms with Gasteiger partial charge in [-0.3, -0.25) is 9.69 Å². The Bertz CT molecular complexity index is 500. The quantitative estimate of drug-likeness (QED) is 0.895. The molecular formula is C17H26N2O2. The number of aliphatic hydroxyl groups is 1. The predicted molar refractivity (Wildman–Crippen MR) is 85.4 cm³/mol. The van der Waals surface area contributed by atoms with E-state index in [1.54, 1.807) is 0 Å². The predicted octanol–water partition coefficient (Wildman–Crippen LogP) is 2.33. The highest BCUT2D eigenvalue weighted by molar-refractivity contribution is 5.93. The fourth-order valence-corrected chi connectivity index (χ4v) is 2.91. The molecule has 1 aliphatic heterocycles. The summed E-state index contributed by atoms with van der Waals surface area (Å²) in [6, 6.07) is 5.94. The molecule has 4 heteroatoms. The van der Waals surface area contributed by atoms with Gasteiger partial charge >= 0.3 is 0 Å². The number of hydrogen-bond donors (Lipinski definition) is 2. The first-order valence-electron chi connectivity index (χ1n) is 7.74. The maximum absolute atomic E-state index is 12.2. The number of benzene rings is 1. The maximum Gasteiger partial charge on any atom is 0.238 e. The van der Waals surface area contributed by atoms with E-state index in [0.717, 1.165) is 37.2 Å². The largest absolute Gasteiger partial charge is 0.393 e. The average molecular weight is 290 g/mol. The lowest BCUT2D eigenvalue weighted by Crippen LogP contribution is -2.43. The zero-order chi connectivity index (χ0) is 15.4. The van der Waals surface area contributed by atoms with E-state index in [0.29, 0.717) is 6.54 Å². The van der Waals surface area contributed by atoms with Crippen LogP contribution < -0.4 is 5.32 Å². The second-order valence-electron chi connectivity index (χ2n) is 6.17. The molecule has 2 atom stereocenters. The molecule has 2 N–H and O–H groups in total. The molecule has 21 heavy (non-hydrogen) atoms. The van der Waals surface area contributed by atoms with Crippen molar-refractivity contribution in [2.24, 2.45) is 5.92 Å². The van der Waals surface area contributed by atoms with Crippen molar-refractivity contribution in [1.82, 2.24) is 4.90 Å². The number of anilines is 1. The van der Waals surface area contributed by atoms with E-state index in [4.69, 9.17) is 0 Å². The second kappa shape index (κ2) is 7.05. The summed E-state index contributed by atoms with van der Waals surface area (Å²) < 4.78 is 0. The number of nitrogens with one attached hydrogen (secondary N) is 1. The van der Waals surface area contributed by atoms with Crippen LogP contribution in [0.1, 0.15) is 30.9 Å². The average Bonchev–Trinajstić information content (AvgIpc) is 2.44. The molecule has 0 aromatic heterocycles. The fourth-order valence-electron chi connectivity index (χ4n) is 2.91. The van der Waals surface area contributed by atoms with Gasteiger partial charge in [0.1, 0.15) is 0 Å². The van der Waals surface area contributed by atoms with Gasteiger partial charge in [0.2, 0.25) is 5.91 Å². The fraction of sp³-hybridized carbons (Fsp3) is 0.588. The monoisotopic (exact) mass is 290 g/mol. The summed E-state index contributed by atoms with van der Waals surface area (Å²) in [7, 11) is 0. The Morgan fingerprint density at radius 3 is 2.95 bits per heavy atom. The van der Waals surface area contributed by atoms with Crippen LogP contribution in [0.2, 0.25) is 0 Å². The minimum atomic E-state index is -0.296. The topological polar surface area (TPSA) is 52.6 Å². The van der Waals surface area contributed by atoms with Crippen molar-refractivity contribution in [3.63, 3.8) is 0 Å². The van der Waals surface area contributed by atoms with E-state index in [1.807, 2.05) is 39.0 Å². The molecular weight excluding hydrogens is 264 g/mol. The van der Waals surface area contributed by atoms with Crippen LogP contribution in [0.5, 0.6) is 0 Å². The number of piperidine rings is 1. The Labute approximate surface area is 127 Å². The lowest BCUT2D eigenvalue weighted by molar-refractivity contribution is -0.118. The second-order valence-corrected chi connectivity index (χ2v) is 6.17. The van der Waals surface area contributed by atoms with Crippen molar-refractivity contribution >= 4 is 11.6 Å². The molecule has 1 saturated heterocycles. The lowest BCUT2D eigenvalue weighted by Gasteiger charge is -2.33. The molecule has 1 fully saturated rings. The Morgan fingerprint density at radius 1 is 1.48 bits per heavy atom. The SMILES string of the molecule is Cc1cccc(NC(=O)CN2CCCC(C(C)O)C2)c1C. The number of amides is 1. The summed E-state index contributed by atoms with van der Waals surface area (Å²) in [6.45, 7) is 8.04. The van der Waals surface area contributed by atoms with Crippen molar-refractivity contribution in [1.29, 1.82) is 0 Å². The number of likely N-dealkylation sites (tertiary alicyclic amines) is 1. The molecule has 0 radical (unpaired) electrons. The summed E-state index contributed by atoms with van der Waals surface area (Å²) >= 11 is 0. The number of carbonyl (C=O) groups excluding carboxylic acids is 1. The summed E-state index contributed by atoms with van der Waals surface area (Å²) in [6.07, 6.45) is 1.80. The van der Waals surface area contributed by atoms with Gasteiger partial charge in [0, 0.05) is 12.2 Å². The summed E-state index contributed by atoms with van der Waals surface area (Å²) in [5.41, 5.74) is 3.19. The van der Waals surface area contributed by atoms with Gasteiger partial charge in [0.15, 0.2) is 0 Å². The molecule has 0 bridgehead atoms. The lowest BCUT2D eigenvalue weighted by atomic mass is 9.93. The van der Waals surface area contributed by atoms with Crippen LogP contribution in [-0.2, 0) is 4.79 Å². The van der Waals surface area contributed by atoms with Crippen molar-refractivity contribution in [3.8, 4) is 0 Å². The number of nitrogens with zero attached hydrogens (tertiary/aromatic N) is 1. The minimum absolute atomic E-state index is 0.0231. The van der Waals surface area contributed by atoms with E-state index in [1.165, 1.54) is 5.56 Å².